The summed E-state index contributed by atoms with van der Waals surface area (Å²) >= 11 is 0. The minimum absolute atomic E-state index is 0.0358. The van der Waals surface area contributed by atoms with E-state index in [0.717, 1.165) is 24.4 Å². The summed E-state index contributed by atoms with van der Waals surface area (Å²) in [5, 5.41) is 0. The van der Waals surface area contributed by atoms with Gasteiger partial charge in [-0.3, -0.25) is 0 Å². The summed E-state index contributed by atoms with van der Waals surface area (Å²) in [6.45, 7) is 2.18. The van der Waals surface area contributed by atoms with Gasteiger partial charge in [0.15, 0.2) is 0 Å². The Kier molecular flexibility index (Phi) is 2.94. The highest BCUT2D eigenvalue weighted by molar-refractivity contribution is 5.93. The van der Waals surface area contributed by atoms with Gasteiger partial charge in [-0.15, -0.1) is 0 Å². The maximum absolute atomic E-state index is 6.16. The van der Waals surface area contributed by atoms with Crippen LogP contribution in [-0.4, -0.2) is 11.5 Å². The molecule has 94 valence electrons. The predicted molar refractivity (Wildman–Crippen MR) is 74.2 cm³/mol. The van der Waals surface area contributed by atoms with Crippen molar-refractivity contribution < 1.29 is 4.74 Å². The SMILES string of the molecule is CC1=CC(=Nc2ccccc2)OC12CCCCC2. The molecule has 0 unspecified atom stereocenters. The molecule has 0 saturated heterocycles. The average molecular weight is 241 g/mol. The van der Waals surface area contributed by atoms with Crippen molar-refractivity contribution in [2.24, 2.45) is 4.99 Å². The Hall–Kier alpha value is -1.57. The van der Waals surface area contributed by atoms with Gasteiger partial charge in [0, 0.05) is 6.08 Å². The number of rotatable bonds is 1. The first-order valence-corrected chi connectivity index (χ1v) is 6.80. The number of nitrogens with zero attached hydrogens (tertiary/aromatic N) is 1. The van der Waals surface area contributed by atoms with E-state index >= 15 is 0 Å². The number of para-hydroxylation sites is 1. The fraction of sp³-hybridized carbons (Fsp3) is 0.438. The molecule has 1 aromatic rings. The molecule has 1 heterocycles. The average Bonchev–Trinajstić information content (AvgIpc) is 2.68. The van der Waals surface area contributed by atoms with E-state index in [4.69, 9.17) is 4.74 Å². The molecule has 1 spiro atoms. The fourth-order valence-electron chi connectivity index (χ4n) is 2.93. The summed E-state index contributed by atoms with van der Waals surface area (Å²) in [7, 11) is 0. The van der Waals surface area contributed by atoms with Crippen LogP contribution in [0.4, 0.5) is 5.69 Å². The topological polar surface area (TPSA) is 21.6 Å². The van der Waals surface area contributed by atoms with Gasteiger partial charge in [0.2, 0.25) is 5.90 Å². The molecule has 3 rings (SSSR count). The van der Waals surface area contributed by atoms with E-state index in [1.54, 1.807) is 0 Å². The van der Waals surface area contributed by atoms with Crippen LogP contribution in [0.2, 0.25) is 0 Å². The highest BCUT2D eigenvalue weighted by Gasteiger charge is 2.40. The fourth-order valence-corrected chi connectivity index (χ4v) is 2.93. The lowest BCUT2D eigenvalue weighted by Crippen LogP contribution is -2.33. The summed E-state index contributed by atoms with van der Waals surface area (Å²) in [6, 6.07) is 10.0. The van der Waals surface area contributed by atoms with Crippen molar-refractivity contribution >= 4 is 11.6 Å². The van der Waals surface area contributed by atoms with Crippen molar-refractivity contribution in [3.8, 4) is 0 Å². The van der Waals surface area contributed by atoms with Crippen LogP contribution in [0, 0.1) is 0 Å². The second kappa shape index (κ2) is 4.60. The normalized spacial score (nSPS) is 24.1. The van der Waals surface area contributed by atoms with Crippen molar-refractivity contribution in [2.45, 2.75) is 44.6 Å². The van der Waals surface area contributed by atoms with Crippen LogP contribution >= 0.6 is 0 Å². The largest absolute Gasteiger partial charge is 0.466 e. The van der Waals surface area contributed by atoms with Gasteiger partial charge in [0.1, 0.15) is 5.60 Å². The molecule has 1 aliphatic carbocycles. The first-order valence-electron chi connectivity index (χ1n) is 6.80. The van der Waals surface area contributed by atoms with Crippen LogP contribution in [0.1, 0.15) is 39.0 Å². The molecule has 0 bridgehead atoms. The van der Waals surface area contributed by atoms with Crippen molar-refractivity contribution in [1.82, 2.24) is 0 Å². The van der Waals surface area contributed by atoms with Crippen LogP contribution in [0.5, 0.6) is 0 Å². The lowest BCUT2D eigenvalue weighted by atomic mass is 9.80. The third kappa shape index (κ3) is 2.07. The standard InChI is InChI=1S/C16H19NO/c1-13-12-15(17-14-8-4-2-5-9-14)18-16(13)10-6-3-7-11-16/h2,4-5,8-9,12H,3,6-7,10-11H2,1H3. The highest BCUT2D eigenvalue weighted by Crippen LogP contribution is 2.41. The minimum Gasteiger partial charge on any atom is -0.466 e. The maximum atomic E-state index is 6.16. The number of ether oxygens (including phenoxy) is 1. The van der Waals surface area contributed by atoms with Crippen molar-refractivity contribution in [2.75, 3.05) is 0 Å². The zero-order valence-electron chi connectivity index (χ0n) is 10.9. The summed E-state index contributed by atoms with van der Waals surface area (Å²) in [6.07, 6.45) is 8.27. The van der Waals surface area contributed by atoms with Crippen LogP contribution in [0.15, 0.2) is 47.0 Å². The third-order valence-corrected chi connectivity index (χ3v) is 4.02. The first-order chi connectivity index (χ1) is 8.78. The van der Waals surface area contributed by atoms with Gasteiger partial charge in [0.25, 0.3) is 0 Å². The smallest absolute Gasteiger partial charge is 0.214 e. The summed E-state index contributed by atoms with van der Waals surface area (Å²) in [5.41, 5.74) is 2.27. The molecule has 0 atom stereocenters. The predicted octanol–water partition coefficient (Wildman–Crippen LogP) is 4.40. The Labute approximate surface area is 108 Å². The van der Waals surface area contributed by atoms with Crippen LogP contribution in [0.3, 0.4) is 0 Å². The van der Waals surface area contributed by atoms with Gasteiger partial charge < -0.3 is 4.74 Å². The summed E-state index contributed by atoms with van der Waals surface area (Å²) in [4.78, 5) is 4.58. The van der Waals surface area contributed by atoms with E-state index < -0.39 is 0 Å². The van der Waals surface area contributed by atoms with Gasteiger partial charge in [-0.2, -0.15) is 0 Å². The summed E-state index contributed by atoms with van der Waals surface area (Å²) < 4.78 is 6.16. The maximum Gasteiger partial charge on any atom is 0.214 e. The van der Waals surface area contributed by atoms with E-state index in [-0.39, 0.29) is 5.60 Å². The zero-order valence-corrected chi connectivity index (χ0v) is 10.9. The minimum atomic E-state index is -0.0358. The Balaban J connectivity index is 1.84. The van der Waals surface area contributed by atoms with Crippen LogP contribution in [0.25, 0.3) is 0 Å². The third-order valence-electron chi connectivity index (χ3n) is 4.02. The van der Waals surface area contributed by atoms with Crippen molar-refractivity contribution in [1.29, 1.82) is 0 Å². The quantitative estimate of drug-likeness (QED) is 0.714. The lowest BCUT2D eigenvalue weighted by Gasteiger charge is -2.34. The van der Waals surface area contributed by atoms with E-state index in [1.807, 2.05) is 30.3 Å². The zero-order chi connectivity index (χ0) is 12.4. The number of hydrogen-bond acceptors (Lipinski definition) is 2. The van der Waals surface area contributed by atoms with Gasteiger partial charge in [0.05, 0.1) is 5.69 Å². The Morgan fingerprint density at radius 2 is 1.78 bits per heavy atom. The number of benzene rings is 1. The molecule has 2 heteroatoms. The van der Waals surface area contributed by atoms with Gasteiger partial charge >= 0.3 is 0 Å². The molecule has 2 aliphatic rings. The van der Waals surface area contributed by atoms with Gasteiger partial charge in [-0.25, -0.2) is 4.99 Å². The second-order valence-corrected chi connectivity index (χ2v) is 5.27. The van der Waals surface area contributed by atoms with E-state index in [1.165, 1.54) is 24.8 Å². The highest BCUT2D eigenvalue weighted by atomic mass is 16.5. The molecule has 1 fully saturated rings. The molecule has 0 aromatic heterocycles. The molecule has 1 saturated carbocycles. The monoisotopic (exact) mass is 241 g/mol. The van der Waals surface area contributed by atoms with E-state index in [2.05, 4.69) is 18.0 Å². The van der Waals surface area contributed by atoms with E-state index in [9.17, 15) is 0 Å². The molecule has 1 aromatic carbocycles. The molecular weight excluding hydrogens is 222 g/mol. The molecule has 0 N–H and O–H groups in total. The molecule has 2 nitrogen and oxygen atoms in total. The molecule has 1 aliphatic heterocycles. The number of aliphatic imine (C=N–C) groups is 1. The summed E-state index contributed by atoms with van der Waals surface area (Å²) in [5.74, 6) is 0.778. The Bertz CT molecular complexity index is 481. The van der Waals surface area contributed by atoms with E-state index in [0.29, 0.717) is 0 Å². The van der Waals surface area contributed by atoms with Crippen LogP contribution in [-0.2, 0) is 4.74 Å². The molecule has 18 heavy (non-hydrogen) atoms. The second-order valence-electron chi connectivity index (χ2n) is 5.27. The van der Waals surface area contributed by atoms with Gasteiger partial charge in [-0.1, -0.05) is 24.6 Å². The lowest BCUT2D eigenvalue weighted by molar-refractivity contribution is 0.0659. The van der Waals surface area contributed by atoms with Crippen molar-refractivity contribution in [3.63, 3.8) is 0 Å². The molecule has 0 amide bonds. The molecular formula is C16H19NO. The first kappa shape index (κ1) is 11.5. The van der Waals surface area contributed by atoms with Crippen molar-refractivity contribution in [3.05, 3.63) is 42.0 Å². The number of hydrogen-bond donors (Lipinski definition) is 0. The Morgan fingerprint density at radius 1 is 1.06 bits per heavy atom. The molecule has 0 radical (unpaired) electrons. The van der Waals surface area contributed by atoms with Crippen LogP contribution < -0.4 is 0 Å². The Morgan fingerprint density at radius 3 is 2.50 bits per heavy atom. The van der Waals surface area contributed by atoms with Gasteiger partial charge in [-0.05, 0) is 50.3 Å².